The van der Waals surface area contributed by atoms with Gasteiger partial charge in [0.05, 0.1) is 0 Å². The zero-order valence-electron chi connectivity index (χ0n) is 10.9. The molecule has 1 rings (SSSR count). The smallest absolute Gasteiger partial charge is 0.0324 e. The third-order valence-electron chi connectivity index (χ3n) is 2.11. The van der Waals surface area contributed by atoms with Crippen molar-refractivity contribution in [3.63, 3.8) is 0 Å². The van der Waals surface area contributed by atoms with Gasteiger partial charge in [-0.25, -0.2) is 0 Å². The molecule has 1 aromatic rings. The molecule has 0 aliphatic carbocycles. The van der Waals surface area contributed by atoms with E-state index in [0.717, 1.165) is 22.1 Å². The van der Waals surface area contributed by atoms with E-state index in [1.807, 2.05) is 38.4 Å². The molecule has 0 amide bonds. The zero-order chi connectivity index (χ0) is 13.4. The van der Waals surface area contributed by atoms with Gasteiger partial charge in [-0.05, 0) is 26.0 Å². The lowest BCUT2D eigenvalue weighted by Crippen LogP contribution is -2.01. The molecule has 4 heteroatoms. The first-order chi connectivity index (χ1) is 8.58. The molecule has 0 aliphatic heterocycles. The van der Waals surface area contributed by atoms with E-state index in [1.54, 1.807) is 12.4 Å². The van der Waals surface area contributed by atoms with Crippen molar-refractivity contribution in [3.8, 4) is 0 Å². The summed E-state index contributed by atoms with van der Waals surface area (Å²) in [6.45, 7) is 11.7. The quantitative estimate of drug-likeness (QED) is 0.538. The first-order valence-electron chi connectivity index (χ1n) is 5.68. The van der Waals surface area contributed by atoms with Crippen LogP contribution in [0.25, 0.3) is 13.2 Å². The molecule has 0 aliphatic rings. The van der Waals surface area contributed by atoms with E-state index in [9.17, 15) is 0 Å². The fourth-order valence-corrected chi connectivity index (χ4v) is 1.33. The lowest BCUT2D eigenvalue weighted by Gasteiger charge is -1.88. The van der Waals surface area contributed by atoms with Gasteiger partial charge in [-0.3, -0.25) is 0 Å². The van der Waals surface area contributed by atoms with Gasteiger partial charge in [0.2, 0.25) is 0 Å². The van der Waals surface area contributed by atoms with Crippen molar-refractivity contribution >= 4 is 13.2 Å². The van der Waals surface area contributed by atoms with Gasteiger partial charge in [0.15, 0.2) is 0 Å². The second-order valence-corrected chi connectivity index (χ2v) is 3.95. The Labute approximate surface area is 106 Å². The highest BCUT2D eigenvalue weighted by molar-refractivity contribution is 5.02. The molecule has 18 heavy (non-hydrogen) atoms. The highest BCUT2D eigenvalue weighted by atomic mass is 14.7. The fourth-order valence-electron chi connectivity index (χ4n) is 1.33. The van der Waals surface area contributed by atoms with E-state index in [4.69, 9.17) is 0 Å². The Kier molecular flexibility index (Phi) is 5.38. The first-order valence-corrected chi connectivity index (χ1v) is 5.68. The van der Waals surface area contributed by atoms with Crippen molar-refractivity contribution < 1.29 is 0 Å². The van der Waals surface area contributed by atoms with E-state index in [0.29, 0.717) is 0 Å². The van der Waals surface area contributed by atoms with Crippen LogP contribution in [0.5, 0.6) is 0 Å². The summed E-state index contributed by atoms with van der Waals surface area (Å²) in [5, 5.41) is 1.60. The van der Waals surface area contributed by atoms with Crippen LogP contribution < -0.4 is 10.7 Å². The molecular weight excluding hydrogens is 224 g/mol. The first kappa shape index (κ1) is 13.7. The fraction of sp³-hybridized carbons (Fsp3) is 0.143. The Morgan fingerprint density at radius 1 is 0.667 bits per heavy atom. The maximum absolute atomic E-state index is 3.89. The van der Waals surface area contributed by atoms with Gasteiger partial charge in [-0.1, -0.05) is 13.2 Å². The van der Waals surface area contributed by atoms with Gasteiger partial charge < -0.3 is 19.9 Å². The monoisotopic (exact) mass is 244 g/mol. The highest BCUT2D eigenvalue weighted by Crippen LogP contribution is 1.79. The van der Waals surface area contributed by atoms with Gasteiger partial charge in [0.1, 0.15) is 0 Å². The molecule has 0 bridgehead atoms. The minimum absolute atomic E-state index is 0.800. The van der Waals surface area contributed by atoms with Crippen LogP contribution in [0.3, 0.4) is 0 Å². The third-order valence-corrected chi connectivity index (χ3v) is 2.11. The van der Waals surface area contributed by atoms with Crippen molar-refractivity contribution in [2.45, 2.75) is 13.8 Å². The molecule has 96 valence electrons. The largest absolute Gasteiger partial charge is 0.364 e. The van der Waals surface area contributed by atoms with Gasteiger partial charge in [-0.2, -0.15) is 0 Å². The molecule has 0 fully saturated rings. The van der Waals surface area contributed by atoms with Crippen LogP contribution in [0.4, 0.5) is 0 Å². The predicted molar refractivity (Wildman–Crippen MR) is 76.5 cm³/mol. The number of aromatic amines is 4. The standard InChI is InChI=1S/C14H20N4/c1-11-9-12(2)16-7-8-18-14(4)10-13(3)17-6-5-15-11/h5-10,15-18H,1,3H2,2,4H3. The predicted octanol–water partition coefficient (Wildman–Crippen LogP) is 1.81. The van der Waals surface area contributed by atoms with E-state index in [1.165, 1.54) is 0 Å². The van der Waals surface area contributed by atoms with Crippen LogP contribution >= 0.6 is 0 Å². The number of nitrogens with one attached hydrogen (secondary N) is 4. The molecule has 1 heterocycles. The average molecular weight is 244 g/mol. The van der Waals surface area contributed by atoms with E-state index in [2.05, 4.69) is 33.1 Å². The molecular formula is C14H20N4. The highest BCUT2D eigenvalue weighted by Gasteiger charge is 1.74. The van der Waals surface area contributed by atoms with Gasteiger partial charge >= 0.3 is 0 Å². The summed E-state index contributed by atoms with van der Waals surface area (Å²) in [5.74, 6) is 0. The SMILES string of the molecule is C=c1cc(C)[nH]cc[nH]c(C)cc(=C)[nH]cc[nH]1. The topological polar surface area (TPSA) is 63.2 Å². The minimum Gasteiger partial charge on any atom is -0.364 e. The molecule has 0 saturated heterocycles. The van der Waals surface area contributed by atoms with Gasteiger partial charge in [0.25, 0.3) is 0 Å². The maximum atomic E-state index is 3.89. The lowest BCUT2D eigenvalue weighted by atomic mass is 10.4. The van der Waals surface area contributed by atoms with Crippen molar-refractivity contribution in [1.29, 1.82) is 0 Å². The molecule has 0 saturated carbocycles. The minimum atomic E-state index is 0.800. The Hall–Kier alpha value is -2.36. The van der Waals surface area contributed by atoms with Crippen molar-refractivity contribution in [2.75, 3.05) is 0 Å². The number of hydrogen-bond acceptors (Lipinski definition) is 0. The summed E-state index contributed by atoms with van der Waals surface area (Å²) < 4.78 is 0. The molecule has 4 N–H and O–H groups in total. The summed E-state index contributed by atoms with van der Waals surface area (Å²) in [5.41, 5.74) is 1.99. The number of hydrogen-bond donors (Lipinski definition) is 4. The third kappa shape index (κ3) is 5.65. The van der Waals surface area contributed by atoms with E-state index < -0.39 is 0 Å². The second-order valence-electron chi connectivity index (χ2n) is 3.95. The summed E-state index contributed by atoms with van der Waals surface area (Å²) in [6.07, 6.45) is 7.20. The van der Waals surface area contributed by atoms with Crippen molar-refractivity contribution in [1.82, 2.24) is 19.9 Å². The molecule has 4 nitrogen and oxygen atoms in total. The van der Waals surface area contributed by atoms with E-state index in [-0.39, 0.29) is 0 Å². The van der Waals surface area contributed by atoms with Crippen molar-refractivity contribution in [3.05, 3.63) is 59.0 Å². The number of H-pyrrole nitrogens is 4. The van der Waals surface area contributed by atoms with Crippen LogP contribution in [0.1, 0.15) is 11.4 Å². The second kappa shape index (κ2) is 7.06. The number of rotatable bonds is 0. The molecule has 0 unspecified atom stereocenters. The Balaban J connectivity index is 3.51. The normalized spacial score (nSPS) is 9.00. The Morgan fingerprint density at radius 3 is 1.39 bits per heavy atom. The molecule has 0 radical (unpaired) electrons. The van der Waals surface area contributed by atoms with Crippen LogP contribution in [0.15, 0.2) is 36.9 Å². The Morgan fingerprint density at radius 2 is 1.00 bits per heavy atom. The van der Waals surface area contributed by atoms with Crippen LogP contribution in [-0.2, 0) is 0 Å². The molecule has 0 atom stereocenters. The lowest BCUT2D eigenvalue weighted by molar-refractivity contribution is 1.13. The summed E-state index contributed by atoms with van der Waals surface area (Å²) >= 11 is 0. The average Bonchev–Trinajstić information content (AvgIpc) is 2.29. The Bertz CT molecular complexity index is 567. The van der Waals surface area contributed by atoms with Gasteiger partial charge in [0, 0.05) is 46.9 Å². The summed E-state index contributed by atoms with van der Waals surface area (Å²) in [6, 6.07) is 3.83. The number of aryl methyl sites for hydroxylation is 2. The van der Waals surface area contributed by atoms with Gasteiger partial charge in [-0.15, -0.1) is 0 Å². The molecule has 0 aromatic carbocycles. The summed E-state index contributed by atoms with van der Waals surface area (Å²) in [4.78, 5) is 12.3. The maximum Gasteiger partial charge on any atom is 0.0324 e. The molecule has 0 spiro atoms. The molecule has 1 aromatic heterocycles. The summed E-state index contributed by atoms with van der Waals surface area (Å²) in [7, 11) is 0. The van der Waals surface area contributed by atoms with Crippen LogP contribution in [0, 0.1) is 13.8 Å². The van der Waals surface area contributed by atoms with Crippen molar-refractivity contribution in [2.24, 2.45) is 0 Å². The zero-order valence-corrected chi connectivity index (χ0v) is 10.9. The van der Waals surface area contributed by atoms with Crippen LogP contribution in [-0.4, -0.2) is 19.9 Å². The van der Waals surface area contributed by atoms with E-state index >= 15 is 0 Å². The number of aromatic nitrogens is 4. The van der Waals surface area contributed by atoms with Crippen LogP contribution in [0.2, 0.25) is 0 Å².